The molecule has 1 heterocycles. The third-order valence-electron chi connectivity index (χ3n) is 4.21. The van der Waals surface area contributed by atoms with Crippen LogP contribution in [0.3, 0.4) is 0 Å². The molecule has 2 rings (SSSR count). The lowest BCUT2D eigenvalue weighted by Gasteiger charge is -2.29. The van der Waals surface area contributed by atoms with Crippen molar-refractivity contribution in [3.8, 4) is 0 Å². The van der Waals surface area contributed by atoms with Crippen LogP contribution >= 0.6 is 0 Å². The third-order valence-corrected chi connectivity index (χ3v) is 5.76. The number of sulfonamides is 1. The number of carbonyl (C=O) groups excluding carboxylic acids is 2. The van der Waals surface area contributed by atoms with E-state index in [2.05, 4.69) is 15.1 Å². The van der Waals surface area contributed by atoms with E-state index in [-0.39, 0.29) is 22.8 Å². The highest BCUT2D eigenvalue weighted by atomic mass is 32.2. The summed E-state index contributed by atoms with van der Waals surface area (Å²) in [6, 6.07) is 4.67. The average molecular weight is 422 g/mol. The molecular formula is C19H27N5O4S. The van der Waals surface area contributed by atoms with E-state index in [4.69, 9.17) is 0 Å². The Labute approximate surface area is 171 Å². The normalized spacial score (nSPS) is 12.6. The number of nitrogens with zero attached hydrogens (tertiary/aromatic N) is 3. The summed E-state index contributed by atoms with van der Waals surface area (Å²) in [4.78, 5) is 25.6. The van der Waals surface area contributed by atoms with Crippen LogP contribution in [-0.2, 0) is 33.2 Å². The third kappa shape index (κ3) is 6.13. The number of hydrogen-bond donors (Lipinski definition) is 2. The highest BCUT2D eigenvalue weighted by molar-refractivity contribution is 7.89. The Morgan fingerprint density at radius 2 is 1.79 bits per heavy atom. The number of benzene rings is 1. The molecule has 0 bridgehead atoms. The monoisotopic (exact) mass is 421 g/mol. The van der Waals surface area contributed by atoms with Crippen molar-refractivity contribution in [1.82, 2.24) is 19.4 Å². The number of aromatic nitrogens is 2. The molecule has 2 amide bonds. The van der Waals surface area contributed by atoms with Gasteiger partial charge in [0.15, 0.2) is 0 Å². The van der Waals surface area contributed by atoms with E-state index >= 15 is 0 Å². The van der Waals surface area contributed by atoms with Gasteiger partial charge in [-0.2, -0.15) is 9.82 Å². The van der Waals surface area contributed by atoms with Gasteiger partial charge in [0.1, 0.15) is 0 Å². The smallest absolute Gasteiger partial charge is 0.241 e. The fourth-order valence-corrected chi connectivity index (χ4v) is 3.98. The first-order valence-electron chi connectivity index (χ1n) is 9.17. The van der Waals surface area contributed by atoms with Crippen molar-refractivity contribution in [1.29, 1.82) is 0 Å². The summed E-state index contributed by atoms with van der Waals surface area (Å²) < 4.78 is 29.4. The zero-order chi connectivity index (χ0) is 21.8. The van der Waals surface area contributed by atoms with Crippen LogP contribution in [0.4, 0.5) is 5.69 Å². The number of amides is 2. The predicted octanol–water partition coefficient (Wildman–Crippen LogP) is 1.48. The molecule has 2 N–H and O–H groups in total. The Morgan fingerprint density at radius 3 is 2.28 bits per heavy atom. The lowest BCUT2D eigenvalue weighted by molar-refractivity contribution is -0.135. The van der Waals surface area contributed by atoms with Crippen LogP contribution in [0.25, 0.3) is 0 Å². The fourth-order valence-electron chi connectivity index (χ4n) is 2.79. The minimum atomic E-state index is -3.90. The number of carbonyl (C=O) groups is 2. The summed E-state index contributed by atoms with van der Waals surface area (Å²) in [6.07, 6.45) is 3.49. The first kappa shape index (κ1) is 22.6. The molecule has 0 unspecified atom stereocenters. The molecule has 0 aliphatic carbocycles. The second-order valence-corrected chi connectivity index (χ2v) is 8.84. The second-order valence-electron chi connectivity index (χ2n) is 7.13. The van der Waals surface area contributed by atoms with Gasteiger partial charge in [-0.1, -0.05) is 0 Å². The summed E-state index contributed by atoms with van der Waals surface area (Å²) in [5.41, 5.74) is 1.35. The molecule has 158 valence electrons. The molecular weight excluding hydrogens is 394 g/mol. The summed E-state index contributed by atoms with van der Waals surface area (Å²) in [7, 11) is -2.11. The van der Waals surface area contributed by atoms with Gasteiger partial charge in [0, 0.05) is 44.0 Å². The molecule has 0 saturated heterocycles. The van der Waals surface area contributed by atoms with Gasteiger partial charge in [-0.3, -0.25) is 14.3 Å². The standard InChI is InChI=1S/C19H27N5O4S/c1-13(2)24(12-16-10-20-23(5)11-16)19(26)14(3)22-29(27,28)18-8-6-17(7-9-18)21-15(4)25/h6-11,13-14,22H,12H2,1-5H3,(H,21,25)/t14-/m0/s1. The largest absolute Gasteiger partial charge is 0.334 e. The van der Waals surface area contributed by atoms with E-state index in [9.17, 15) is 18.0 Å². The Bertz CT molecular complexity index is 967. The maximum atomic E-state index is 12.9. The molecule has 2 aromatic rings. The summed E-state index contributed by atoms with van der Waals surface area (Å²) in [5.74, 6) is -0.581. The highest BCUT2D eigenvalue weighted by Gasteiger charge is 2.27. The zero-order valence-electron chi connectivity index (χ0n) is 17.2. The maximum Gasteiger partial charge on any atom is 0.241 e. The molecule has 0 aliphatic heterocycles. The SMILES string of the molecule is CC(=O)Nc1ccc(S(=O)(=O)N[C@@H](C)C(=O)N(Cc2cnn(C)c2)C(C)C)cc1. The van der Waals surface area contributed by atoms with E-state index in [1.165, 1.54) is 38.1 Å². The maximum absolute atomic E-state index is 12.9. The Hall–Kier alpha value is -2.72. The molecule has 0 aliphatic rings. The number of rotatable bonds is 8. The summed E-state index contributed by atoms with van der Waals surface area (Å²) >= 11 is 0. The first-order valence-corrected chi connectivity index (χ1v) is 10.7. The molecule has 0 radical (unpaired) electrons. The van der Waals surface area contributed by atoms with Gasteiger partial charge in [0.05, 0.1) is 17.1 Å². The van der Waals surface area contributed by atoms with Crippen LogP contribution in [0.15, 0.2) is 41.6 Å². The molecule has 0 spiro atoms. The van der Waals surface area contributed by atoms with Crippen LogP contribution in [-0.4, -0.2) is 47.0 Å². The van der Waals surface area contributed by atoms with Crippen molar-refractivity contribution in [2.45, 2.75) is 51.2 Å². The first-order chi connectivity index (χ1) is 13.5. The van der Waals surface area contributed by atoms with Crippen molar-refractivity contribution in [3.05, 3.63) is 42.2 Å². The molecule has 0 saturated carbocycles. The number of nitrogens with one attached hydrogen (secondary N) is 2. The van der Waals surface area contributed by atoms with E-state index in [0.29, 0.717) is 12.2 Å². The van der Waals surface area contributed by atoms with Crippen LogP contribution in [0.2, 0.25) is 0 Å². The Kier molecular flexibility index (Phi) is 7.15. The van der Waals surface area contributed by atoms with Crippen LogP contribution in [0.5, 0.6) is 0 Å². The van der Waals surface area contributed by atoms with Crippen molar-refractivity contribution in [3.63, 3.8) is 0 Å². The van der Waals surface area contributed by atoms with Crippen molar-refractivity contribution >= 4 is 27.5 Å². The van der Waals surface area contributed by atoms with Crippen molar-refractivity contribution < 1.29 is 18.0 Å². The Balaban J connectivity index is 2.11. The van der Waals surface area contributed by atoms with Gasteiger partial charge < -0.3 is 10.2 Å². The van der Waals surface area contributed by atoms with Crippen molar-refractivity contribution in [2.75, 3.05) is 5.32 Å². The molecule has 1 aromatic heterocycles. The van der Waals surface area contributed by atoms with Gasteiger partial charge in [0.25, 0.3) is 0 Å². The highest BCUT2D eigenvalue weighted by Crippen LogP contribution is 2.16. The van der Waals surface area contributed by atoms with E-state index in [0.717, 1.165) is 5.56 Å². The van der Waals surface area contributed by atoms with Crippen LogP contribution in [0.1, 0.15) is 33.3 Å². The van der Waals surface area contributed by atoms with Crippen LogP contribution in [0, 0.1) is 0 Å². The minimum Gasteiger partial charge on any atom is -0.334 e. The van der Waals surface area contributed by atoms with E-state index < -0.39 is 16.1 Å². The van der Waals surface area contributed by atoms with Gasteiger partial charge >= 0.3 is 0 Å². The van der Waals surface area contributed by atoms with Crippen LogP contribution < -0.4 is 10.0 Å². The van der Waals surface area contributed by atoms with E-state index in [1.54, 1.807) is 22.8 Å². The second kappa shape index (κ2) is 9.19. The summed E-state index contributed by atoms with van der Waals surface area (Å²) in [5, 5.41) is 6.67. The Morgan fingerprint density at radius 1 is 1.17 bits per heavy atom. The van der Waals surface area contributed by atoms with Gasteiger partial charge in [-0.05, 0) is 45.0 Å². The summed E-state index contributed by atoms with van der Waals surface area (Å²) in [6.45, 7) is 6.96. The van der Waals surface area contributed by atoms with Gasteiger partial charge in [-0.25, -0.2) is 8.42 Å². The lowest BCUT2D eigenvalue weighted by Crippen LogP contribution is -2.48. The molecule has 9 nitrogen and oxygen atoms in total. The van der Waals surface area contributed by atoms with Gasteiger partial charge in [-0.15, -0.1) is 0 Å². The molecule has 1 aromatic carbocycles. The zero-order valence-corrected chi connectivity index (χ0v) is 18.0. The predicted molar refractivity (Wildman–Crippen MR) is 109 cm³/mol. The van der Waals surface area contributed by atoms with Crippen molar-refractivity contribution in [2.24, 2.45) is 7.05 Å². The number of aryl methyl sites for hydroxylation is 1. The van der Waals surface area contributed by atoms with Gasteiger partial charge in [0.2, 0.25) is 21.8 Å². The number of anilines is 1. The molecule has 0 fully saturated rings. The molecule has 10 heteroatoms. The number of hydrogen-bond acceptors (Lipinski definition) is 5. The van der Waals surface area contributed by atoms with E-state index in [1.807, 2.05) is 20.0 Å². The molecule has 29 heavy (non-hydrogen) atoms. The lowest BCUT2D eigenvalue weighted by atomic mass is 10.2. The minimum absolute atomic E-state index is 0.00890. The quantitative estimate of drug-likeness (QED) is 0.670. The average Bonchev–Trinajstić information content (AvgIpc) is 3.03. The topological polar surface area (TPSA) is 113 Å². The fraction of sp³-hybridized carbons (Fsp3) is 0.421. The molecule has 1 atom stereocenters.